The molecule has 0 aliphatic rings. The summed E-state index contributed by atoms with van der Waals surface area (Å²) in [5.74, 6) is 0.450. The summed E-state index contributed by atoms with van der Waals surface area (Å²) in [5.41, 5.74) is 1.01. The first-order valence-electron chi connectivity index (χ1n) is 6.09. The number of hydrogen-bond acceptors (Lipinski definition) is 4. The van der Waals surface area contributed by atoms with E-state index in [1.165, 1.54) is 13.2 Å². The molecular weight excluding hydrogens is 256 g/mol. The van der Waals surface area contributed by atoms with Crippen molar-refractivity contribution in [2.75, 3.05) is 7.11 Å². The van der Waals surface area contributed by atoms with E-state index in [9.17, 15) is 9.90 Å². The summed E-state index contributed by atoms with van der Waals surface area (Å²) in [5, 5.41) is 10.5. The van der Waals surface area contributed by atoms with Crippen LogP contribution in [0.1, 0.15) is 0 Å². The Morgan fingerprint density at radius 2 is 1.85 bits per heavy atom. The van der Waals surface area contributed by atoms with Crippen LogP contribution in [0.3, 0.4) is 0 Å². The Hall–Kier alpha value is -2.75. The van der Waals surface area contributed by atoms with Gasteiger partial charge in [0.05, 0.1) is 18.1 Å². The van der Waals surface area contributed by atoms with Crippen LogP contribution in [0.25, 0.3) is 22.1 Å². The Labute approximate surface area is 114 Å². The Balaban J connectivity index is 2.30. The third kappa shape index (κ3) is 2.01. The second kappa shape index (κ2) is 4.74. The molecule has 100 valence electrons. The maximum atomic E-state index is 12.1. The van der Waals surface area contributed by atoms with Crippen molar-refractivity contribution in [3.05, 3.63) is 59.0 Å². The van der Waals surface area contributed by atoms with Crippen molar-refractivity contribution in [3.8, 4) is 22.6 Å². The standard InChI is InChI=1S/C16H12O4/c1-19-11-7-14(17)13-9-12(10-5-3-2-4-6-10)16(18)20-15(13)8-11/h2-9,17H,1H3. The highest BCUT2D eigenvalue weighted by atomic mass is 16.5. The SMILES string of the molecule is COc1cc(O)c2cc(-c3ccccc3)c(=O)oc2c1. The van der Waals surface area contributed by atoms with Gasteiger partial charge in [-0.2, -0.15) is 0 Å². The van der Waals surface area contributed by atoms with Crippen LogP contribution >= 0.6 is 0 Å². The Morgan fingerprint density at radius 3 is 2.55 bits per heavy atom. The predicted octanol–water partition coefficient (Wildman–Crippen LogP) is 3.17. The molecule has 0 saturated carbocycles. The maximum absolute atomic E-state index is 12.1. The Bertz CT molecular complexity index is 819. The number of methoxy groups -OCH3 is 1. The van der Waals surface area contributed by atoms with E-state index < -0.39 is 5.63 Å². The van der Waals surface area contributed by atoms with Crippen LogP contribution in [0.4, 0.5) is 0 Å². The molecule has 0 atom stereocenters. The van der Waals surface area contributed by atoms with Crippen molar-refractivity contribution >= 4 is 11.0 Å². The van der Waals surface area contributed by atoms with Gasteiger partial charge >= 0.3 is 5.63 Å². The minimum absolute atomic E-state index is 0.0141. The number of hydrogen-bond donors (Lipinski definition) is 1. The fourth-order valence-electron chi connectivity index (χ4n) is 2.11. The number of ether oxygens (including phenoxy) is 1. The number of rotatable bonds is 2. The van der Waals surface area contributed by atoms with Crippen LogP contribution in [0.5, 0.6) is 11.5 Å². The molecule has 0 amide bonds. The quantitative estimate of drug-likeness (QED) is 0.725. The summed E-state index contributed by atoms with van der Waals surface area (Å²) >= 11 is 0. The normalized spacial score (nSPS) is 10.7. The molecule has 1 N–H and O–H groups in total. The maximum Gasteiger partial charge on any atom is 0.344 e. The molecule has 0 radical (unpaired) electrons. The van der Waals surface area contributed by atoms with Crippen LogP contribution < -0.4 is 10.4 Å². The molecule has 1 heterocycles. The average Bonchev–Trinajstić information content (AvgIpc) is 2.47. The Morgan fingerprint density at radius 1 is 1.10 bits per heavy atom. The van der Waals surface area contributed by atoms with E-state index in [-0.39, 0.29) is 5.75 Å². The van der Waals surface area contributed by atoms with Gasteiger partial charge in [-0.05, 0) is 11.6 Å². The molecule has 20 heavy (non-hydrogen) atoms. The summed E-state index contributed by atoms with van der Waals surface area (Å²) in [6, 6.07) is 13.9. The van der Waals surface area contributed by atoms with Crippen molar-refractivity contribution in [2.45, 2.75) is 0 Å². The van der Waals surface area contributed by atoms with Gasteiger partial charge in [0.2, 0.25) is 0 Å². The summed E-state index contributed by atoms with van der Waals surface area (Å²) in [6.45, 7) is 0. The van der Waals surface area contributed by atoms with Crippen molar-refractivity contribution in [3.63, 3.8) is 0 Å². The van der Waals surface area contributed by atoms with E-state index in [1.54, 1.807) is 12.1 Å². The first kappa shape index (κ1) is 12.3. The van der Waals surface area contributed by atoms with Crippen LogP contribution in [0, 0.1) is 0 Å². The number of fused-ring (bicyclic) bond motifs is 1. The molecule has 0 bridgehead atoms. The second-order valence-corrected chi connectivity index (χ2v) is 4.37. The zero-order chi connectivity index (χ0) is 14.1. The molecule has 0 aliphatic carbocycles. The second-order valence-electron chi connectivity index (χ2n) is 4.37. The lowest BCUT2D eigenvalue weighted by atomic mass is 10.1. The van der Waals surface area contributed by atoms with Crippen LogP contribution in [-0.4, -0.2) is 12.2 Å². The van der Waals surface area contributed by atoms with Gasteiger partial charge in [0, 0.05) is 12.1 Å². The van der Waals surface area contributed by atoms with E-state index >= 15 is 0 Å². The van der Waals surface area contributed by atoms with Gasteiger partial charge in [-0.3, -0.25) is 0 Å². The lowest BCUT2D eigenvalue weighted by Crippen LogP contribution is -2.02. The third-order valence-electron chi connectivity index (χ3n) is 3.13. The fraction of sp³-hybridized carbons (Fsp3) is 0.0625. The van der Waals surface area contributed by atoms with E-state index in [4.69, 9.17) is 9.15 Å². The number of benzene rings is 2. The van der Waals surface area contributed by atoms with E-state index in [0.29, 0.717) is 22.3 Å². The highest BCUT2D eigenvalue weighted by molar-refractivity contribution is 5.88. The molecule has 3 rings (SSSR count). The fourth-order valence-corrected chi connectivity index (χ4v) is 2.11. The van der Waals surface area contributed by atoms with Crippen molar-refractivity contribution in [2.24, 2.45) is 0 Å². The van der Waals surface area contributed by atoms with Gasteiger partial charge < -0.3 is 14.3 Å². The smallest absolute Gasteiger partial charge is 0.344 e. The molecule has 1 aromatic heterocycles. The van der Waals surface area contributed by atoms with Crippen molar-refractivity contribution in [1.82, 2.24) is 0 Å². The average molecular weight is 268 g/mol. The van der Waals surface area contributed by atoms with Gasteiger partial charge in [0.15, 0.2) is 0 Å². The van der Waals surface area contributed by atoms with Crippen molar-refractivity contribution < 1.29 is 14.3 Å². The first-order chi connectivity index (χ1) is 9.69. The molecule has 4 nitrogen and oxygen atoms in total. The first-order valence-corrected chi connectivity index (χ1v) is 6.09. The number of phenolic OH excluding ortho intramolecular Hbond substituents is 1. The molecule has 2 aromatic carbocycles. The summed E-state index contributed by atoms with van der Waals surface area (Å²) < 4.78 is 10.3. The van der Waals surface area contributed by atoms with Crippen molar-refractivity contribution in [1.29, 1.82) is 0 Å². The van der Waals surface area contributed by atoms with E-state index in [1.807, 2.05) is 30.3 Å². The van der Waals surface area contributed by atoms with Crippen LogP contribution in [-0.2, 0) is 0 Å². The minimum atomic E-state index is -0.448. The molecule has 0 aliphatic heterocycles. The van der Waals surface area contributed by atoms with E-state index in [2.05, 4.69) is 0 Å². The molecular formula is C16H12O4. The minimum Gasteiger partial charge on any atom is -0.507 e. The van der Waals surface area contributed by atoms with E-state index in [0.717, 1.165) is 5.56 Å². The lowest BCUT2D eigenvalue weighted by molar-refractivity contribution is 0.407. The van der Waals surface area contributed by atoms with Gasteiger partial charge in [-0.15, -0.1) is 0 Å². The highest BCUT2D eigenvalue weighted by Gasteiger charge is 2.11. The van der Waals surface area contributed by atoms with Crippen LogP contribution in [0.15, 0.2) is 57.7 Å². The molecule has 0 fully saturated rings. The Kier molecular flexibility index (Phi) is 2.91. The predicted molar refractivity (Wildman–Crippen MR) is 76.1 cm³/mol. The lowest BCUT2D eigenvalue weighted by Gasteiger charge is -2.06. The largest absolute Gasteiger partial charge is 0.507 e. The molecule has 0 spiro atoms. The number of aromatic hydroxyl groups is 1. The summed E-state index contributed by atoms with van der Waals surface area (Å²) in [7, 11) is 1.48. The zero-order valence-electron chi connectivity index (χ0n) is 10.8. The topological polar surface area (TPSA) is 59.7 Å². The zero-order valence-corrected chi connectivity index (χ0v) is 10.8. The molecule has 0 unspecified atom stereocenters. The van der Waals surface area contributed by atoms with Gasteiger partial charge in [0.25, 0.3) is 0 Å². The number of phenols is 1. The molecule has 3 aromatic rings. The van der Waals surface area contributed by atoms with Gasteiger partial charge in [-0.25, -0.2) is 4.79 Å². The molecule has 0 saturated heterocycles. The van der Waals surface area contributed by atoms with Gasteiger partial charge in [-0.1, -0.05) is 30.3 Å². The van der Waals surface area contributed by atoms with Crippen LogP contribution in [0.2, 0.25) is 0 Å². The monoisotopic (exact) mass is 268 g/mol. The summed E-state index contributed by atoms with van der Waals surface area (Å²) in [4.78, 5) is 12.1. The highest BCUT2D eigenvalue weighted by Crippen LogP contribution is 2.31. The molecule has 4 heteroatoms. The summed E-state index contributed by atoms with van der Waals surface area (Å²) in [6.07, 6.45) is 0. The third-order valence-corrected chi connectivity index (χ3v) is 3.13. The van der Waals surface area contributed by atoms with Gasteiger partial charge in [0.1, 0.15) is 17.1 Å².